The molecule has 0 heterocycles. The molecule has 0 aliphatic rings. The first kappa shape index (κ1) is 9.34. The van der Waals surface area contributed by atoms with Crippen LogP contribution in [0.1, 0.15) is 20.3 Å². The van der Waals surface area contributed by atoms with E-state index in [4.69, 9.17) is 0 Å². The van der Waals surface area contributed by atoms with E-state index in [2.05, 4.69) is 0 Å². The third kappa shape index (κ3) is 3.38. The van der Waals surface area contributed by atoms with Gasteiger partial charge in [-0.2, -0.15) is 0 Å². The van der Waals surface area contributed by atoms with Crippen molar-refractivity contribution in [1.29, 1.82) is 0 Å². The van der Waals surface area contributed by atoms with Gasteiger partial charge in [-0.25, -0.2) is 4.58 Å². The van der Waals surface area contributed by atoms with Gasteiger partial charge in [0, 0.05) is 6.42 Å². The third-order valence-corrected chi connectivity index (χ3v) is 1.38. The van der Waals surface area contributed by atoms with Crippen molar-refractivity contribution in [2.24, 2.45) is 5.92 Å². The Bertz CT molecular complexity index is 145. The molecule has 0 fully saturated rings. The highest BCUT2D eigenvalue weighted by Crippen LogP contribution is 1.95. The molecule has 10 heavy (non-hydrogen) atoms. The maximum Gasteiger partial charge on any atom is 0.149 e. The van der Waals surface area contributed by atoms with Crippen LogP contribution < -0.4 is 0 Å². The van der Waals surface area contributed by atoms with Crippen LogP contribution in [0.25, 0.3) is 0 Å². The monoisotopic (exact) mass is 142 g/mol. The minimum Gasteiger partial charge on any atom is -0.299 e. The van der Waals surface area contributed by atoms with E-state index >= 15 is 0 Å². The van der Waals surface area contributed by atoms with E-state index in [1.165, 1.54) is 0 Å². The van der Waals surface area contributed by atoms with Gasteiger partial charge in [-0.15, -0.1) is 0 Å². The molecule has 2 nitrogen and oxygen atoms in total. The molecule has 0 radical (unpaired) electrons. The summed E-state index contributed by atoms with van der Waals surface area (Å²) in [6.07, 6.45) is 2.55. The van der Waals surface area contributed by atoms with Crippen LogP contribution >= 0.6 is 0 Å². The predicted molar refractivity (Wildman–Crippen MR) is 42.6 cm³/mol. The zero-order valence-corrected chi connectivity index (χ0v) is 7.22. The average molecular weight is 142 g/mol. The summed E-state index contributed by atoms with van der Waals surface area (Å²) in [6, 6.07) is 0. The van der Waals surface area contributed by atoms with Gasteiger partial charge in [-0.05, 0) is 6.92 Å². The summed E-state index contributed by atoms with van der Waals surface area (Å²) in [6.45, 7) is 3.81. The number of Topliss-reactive ketones (excluding diaryl/α,β-unsaturated/α-hetero) is 1. The number of hydrogen-bond donors (Lipinski definition) is 0. The normalized spacial score (nSPS) is 12.4. The van der Waals surface area contributed by atoms with Gasteiger partial charge < -0.3 is 0 Å². The van der Waals surface area contributed by atoms with Gasteiger partial charge >= 0.3 is 0 Å². The van der Waals surface area contributed by atoms with Crippen molar-refractivity contribution in [3.05, 3.63) is 0 Å². The van der Waals surface area contributed by atoms with Crippen LogP contribution in [0.15, 0.2) is 0 Å². The van der Waals surface area contributed by atoms with Crippen molar-refractivity contribution < 1.29 is 9.37 Å². The summed E-state index contributed by atoms with van der Waals surface area (Å²) in [5.74, 6) is 0.369. The van der Waals surface area contributed by atoms with Crippen LogP contribution in [0.3, 0.4) is 0 Å². The summed E-state index contributed by atoms with van der Waals surface area (Å²) in [7, 11) is 3.86. The molecule has 0 saturated heterocycles. The average Bonchev–Trinajstić information content (AvgIpc) is 1.85. The van der Waals surface area contributed by atoms with E-state index < -0.39 is 0 Å². The molecular weight excluding hydrogens is 126 g/mol. The van der Waals surface area contributed by atoms with E-state index in [1.54, 1.807) is 0 Å². The lowest BCUT2D eigenvalue weighted by atomic mass is 10.1. The van der Waals surface area contributed by atoms with Gasteiger partial charge in [0.2, 0.25) is 0 Å². The Morgan fingerprint density at radius 3 is 2.40 bits per heavy atom. The highest BCUT2D eigenvalue weighted by Gasteiger charge is 2.10. The first-order valence-corrected chi connectivity index (χ1v) is 3.62. The topological polar surface area (TPSA) is 20.1 Å². The smallest absolute Gasteiger partial charge is 0.149 e. The van der Waals surface area contributed by atoms with Crippen molar-refractivity contribution in [3.63, 3.8) is 0 Å². The third-order valence-electron chi connectivity index (χ3n) is 1.38. The summed E-state index contributed by atoms with van der Waals surface area (Å²) < 4.78 is 1.91. The lowest BCUT2D eigenvalue weighted by Gasteiger charge is -1.98. The molecule has 0 aliphatic carbocycles. The minimum atomic E-state index is 0.0694. The molecule has 0 aromatic carbocycles. The predicted octanol–water partition coefficient (Wildman–Crippen LogP) is 0.944. The first-order chi connectivity index (χ1) is 4.57. The second-order valence-electron chi connectivity index (χ2n) is 2.72. The fraction of sp³-hybridized carbons (Fsp3) is 0.750. The van der Waals surface area contributed by atoms with Crippen LogP contribution in [0.5, 0.6) is 0 Å². The molecule has 0 bridgehead atoms. The van der Waals surface area contributed by atoms with E-state index in [0.717, 1.165) is 0 Å². The molecule has 0 N–H and O–H groups in total. The van der Waals surface area contributed by atoms with Crippen molar-refractivity contribution in [1.82, 2.24) is 0 Å². The molecule has 0 rings (SSSR count). The van der Waals surface area contributed by atoms with E-state index in [-0.39, 0.29) is 5.92 Å². The number of carbonyl (C=O) groups is 1. The number of carbonyl (C=O) groups excluding carboxylic acids is 1. The lowest BCUT2D eigenvalue weighted by molar-refractivity contribution is -0.461. The largest absolute Gasteiger partial charge is 0.299 e. The van der Waals surface area contributed by atoms with Crippen molar-refractivity contribution in [3.8, 4) is 0 Å². The van der Waals surface area contributed by atoms with Gasteiger partial charge in [0.05, 0.1) is 5.92 Å². The highest BCUT2D eigenvalue weighted by atomic mass is 16.1. The van der Waals surface area contributed by atoms with Crippen molar-refractivity contribution in [2.75, 3.05) is 14.1 Å². The molecule has 0 aliphatic heterocycles. The van der Waals surface area contributed by atoms with Gasteiger partial charge in [0.15, 0.2) is 0 Å². The Balaban J connectivity index is 3.96. The fourth-order valence-corrected chi connectivity index (χ4v) is 0.852. The van der Waals surface area contributed by atoms with E-state index in [0.29, 0.717) is 12.2 Å². The lowest BCUT2D eigenvalue weighted by Crippen LogP contribution is -2.15. The summed E-state index contributed by atoms with van der Waals surface area (Å²) in [4.78, 5) is 11.0. The maximum atomic E-state index is 11.0. The first-order valence-electron chi connectivity index (χ1n) is 3.62. The van der Waals surface area contributed by atoms with Gasteiger partial charge in [0.25, 0.3) is 0 Å². The minimum absolute atomic E-state index is 0.0694. The molecule has 0 aromatic heterocycles. The summed E-state index contributed by atoms with van der Waals surface area (Å²) in [5.41, 5.74) is 0. The van der Waals surface area contributed by atoms with Gasteiger partial charge in [0.1, 0.15) is 26.1 Å². The van der Waals surface area contributed by atoms with Crippen LogP contribution in [-0.4, -0.2) is 30.7 Å². The Labute approximate surface area is 62.6 Å². The molecule has 1 atom stereocenters. The molecule has 2 heteroatoms. The molecule has 0 amide bonds. The number of nitrogens with zero attached hydrogens (tertiary/aromatic N) is 1. The molecule has 1 unspecified atom stereocenters. The number of hydrogen-bond acceptors (Lipinski definition) is 1. The Kier molecular flexibility index (Phi) is 3.93. The Morgan fingerprint density at radius 2 is 2.10 bits per heavy atom. The maximum absolute atomic E-state index is 11.0. The molecule has 0 spiro atoms. The zero-order chi connectivity index (χ0) is 8.15. The molecule has 58 valence electrons. The second-order valence-corrected chi connectivity index (χ2v) is 2.72. The second kappa shape index (κ2) is 4.20. The van der Waals surface area contributed by atoms with Gasteiger partial charge in [-0.3, -0.25) is 4.79 Å². The summed E-state index contributed by atoms with van der Waals surface area (Å²) in [5, 5.41) is 0. The van der Waals surface area contributed by atoms with E-state index in [9.17, 15) is 4.79 Å². The molecule has 0 saturated carbocycles. The van der Waals surface area contributed by atoms with Crippen LogP contribution in [-0.2, 0) is 4.79 Å². The van der Waals surface area contributed by atoms with Crippen molar-refractivity contribution >= 4 is 12.0 Å². The summed E-state index contributed by atoms with van der Waals surface area (Å²) >= 11 is 0. The van der Waals surface area contributed by atoms with Crippen LogP contribution in [0.4, 0.5) is 0 Å². The molecular formula is C8H16NO+. The highest BCUT2D eigenvalue weighted by molar-refractivity contribution is 5.92. The van der Waals surface area contributed by atoms with Crippen molar-refractivity contribution in [2.45, 2.75) is 20.3 Å². The SMILES string of the molecule is CCC(=O)C(C)C=[N+](C)C. The Hall–Kier alpha value is -0.660. The van der Waals surface area contributed by atoms with Crippen LogP contribution in [0, 0.1) is 5.92 Å². The quantitative estimate of drug-likeness (QED) is 0.424. The van der Waals surface area contributed by atoms with E-state index in [1.807, 2.05) is 38.7 Å². The zero-order valence-electron chi connectivity index (χ0n) is 7.22. The van der Waals surface area contributed by atoms with Crippen LogP contribution in [0.2, 0.25) is 0 Å². The number of rotatable bonds is 3. The fourth-order valence-electron chi connectivity index (χ4n) is 0.852. The number of ketones is 1. The van der Waals surface area contributed by atoms with Gasteiger partial charge in [-0.1, -0.05) is 6.92 Å². The standard InChI is InChI=1S/C8H16NO/c1-5-8(10)7(2)6-9(3)4/h6-7H,5H2,1-4H3/q+1. The Morgan fingerprint density at radius 1 is 1.60 bits per heavy atom. The molecule has 0 aromatic rings.